The zero-order chi connectivity index (χ0) is 13.7. The van der Waals surface area contributed by atoms with Crippen LogP contribution in [0.4, 0.5) is 11.4 Å². The van der Waals surface area contributed by atoms with E-state index in [0.29, 0.717) is 23.9 Å². The van der Waals surface area contributed by atoms with Crippen molar-refractivity contribution in [2.45, 2.75) is 13.3 Å². The molecule has 0 aliphatic carbocycles. The van der Waals surface area contributed by atoms with Crippen LogP contribution in [0, 0.1) is 12.8 Å². The number of benzene rings is 1. The first-order valence-corrected chi connectivity index (χ1v) is 6.47. The fraction of sp³-hybridized carbons (Fsp3) is 0.500. The Morgan fingerprint density at radius 1 is 1.58 bits per heavy atom. The van der Waals surface area contributed by atoms with Crippen LogP contribution in [0.5, 0.6) is 0 Å². The van der Waals surface area contributed by atoms with Crippen molar-refractivity contribution in [1.29, 1.82) is 0 Å². The molecule has 1 saturated heterocycles. The van der Waals surface area contributed by atoms with E-state index < -0.39 is 0 Å². The molecule has 0 spiro atoms. The van der Waals surface area contributed by atoms with Crippen molar-refractivity contribution in [2.24, 2.45) is 5.92 Å². The summed E-state index contributed by atoms with van der Waals surface area (Å²) in [6.45, 7) is 4.04. The number of hydrogen-bond acceptors (Lipinski definition) is 4. The number of nitrogen functional groups attached to an aromatic ring is 1. The highest BCUT2D eigenvalue weighted by atomic mass is 16.5. The Hall–Kier alpha value is -1.59. The smallest absolute Gasteiger partial charge is 0.250 e. The lowest BCUT2D eigenvalue weighted by atomic mass is 10.1. The molecule has 5 heteroatoms. The molecule has 0 bridgehead atoms. The maximum absolute atomic E-state index is 11.8. The number of aryl methyl sites for hydroxylation is 1. The van der Waals surface area contributed by atoms with E-state index in [2.05, 4.69) is 5.32 Å². The van der Waals surface area contributed by atoms with Crippen LogP contribution in [0.3, 0.4) is 0 Å². The van der Waals surface area contributed by atoms with Gasteiger partial charge in [-0.25, -0.2) is 0 Å². The number of amides is 1. The van der Waals surface area contributed by atoms with Gasteiger partial charge in [-0.1, -0.05) is 12.1 Å². The van der Waals surface area contributed by atoms with Crippen LogP contribution in [-0.4, -0.2) is 32.3 Å². The van der Waals surface area contributed by atoms with Gasteiger partial charge in [0.1, 0.15) is 6.61 Å². The second-order valence-electron chi connectivity index (χ2n) is 4.83. The molecule has 1 unspecified atom stereocenters. The zero-order valence-corrected chi connectivity index (χ0v) is 11.1. The summed E-state index contributed by atoms with van der Waals surface area (Å²) in [6, 6.07) is 5.53. The van der Waals surface area contributed by atoms with E-state index in [-0.39, 0.29) is 12.5 Å². The third kappa shape index (κ3) is 3.94. The quantitative estimate of drug-likeness (QED) is 0.792. The molecule has 0 saturated carbocycles. The average molecular weight is 264 g/mol. The minimum Gasteiger partial charge on any atom is -0.397 e. The van der Waals surface area contributed by atoms with Gasteiger partial charge in [0.25, 0.3) is 0 Å². The van der Waals surface area contributed by atoms with Crippen molar-refractivity contribution in [1.82, 2.24) is 0 Å². The first-order chi connectivity index (χ1) is 9.16. The van der Waals surface area contributed by atoms with Gasteiger partial charge in [-0.3, -0.25) is 4.79 Å². The number of anilines is 2. The maximum atomic E-state index is 11.8. The first kappa shape index (κ1) is 13.8. The van der Waals surface area contributed by atoms with Gasteiger partial charge in [0.05, 0.1) is 24.6 Å². The third-order valence-corrected chi connectivity index (χ3v) is 3.18. The minimum absolute atomic E-state index is 0.0459. The van der Waals surface area contributed by atoms with Crippen LogP contribution in [0.1, 0.15) is 12.0 Å². The Morgan fingerprint density at radius 3 is 3.11 bits per heavy atom. The summed E-state index contributed by atoms with van der Waals surface area (Å²) >= 11 is 0. The molecule has 3 N–H and O–H groups in total. The number of hydrogen-bond donors (Lipinski definition) is 2. The minimum atomic E-state index is -0.181. The van der Waals surface area contributed by atoms with E-state index in [1.54, 1.807) is 6.07 Å². The van der Waals surface area contributed by atoms with Gasteiger partial charge < -0.3 is 20.5 Å². The first-order valence-electron chi connectivity index (χ1n) is 6.47. The Labute approximate surface area is 113 Å². The summed E-state index contributed by atoms with van der Waals surface area (Å²) < 4.78 is 10.6. The molecule has 1 aromatic rings. The standard InChI is InChI=1S/C14H20N2O3/c1-10-3-2-4-12(15)14(10)16-13(17)9-19-8-11-5-6-18-7-11/h2-4,11H,5-9,15H2,1H3,(H,16,17). The van der Waals surface area contributed by atoms with Gasteiger partial charge in [0, 0.05) is 12.5 Å². The fourth-order valence-corrected chi connectivity index (χ4v) is 2.07. The summed E-state index contributed by atoms with van der Waals surface area (Å²) in [4.78, 5) is 11.8. The van der Waals surface area contributed by atoms with Crippen molar-refractivity contribution < 1.29 is 14.3 Å². The Bertz CT molecular complexity index is 422. The molecule has 2 rings (SSSR count). The highest BCUT2D eigenvalue weighted by Crippen LogP contribution is 2.22. The number of ether oxygens (including phenoxy) is 2. The molecule has 0 aromatic heterocycles. The Morgan fingerprint density at radius 2 is 2.42 bits per heavy atom. The fourth-order valence-electron chi connectivity index (χ4n) is 2.07. The van der Waals surface area contributed by atoms with E-state index in [0.717, 1.165) is 25.2 Å². The van der Waals surface area contributed by atoms with Gasteiger partial charge >= 0.3 is 0 Å². The summed E-state index contributed by atoms with van der Waals surface area (Å²) in [6.07, 6.45) is 1.01. The molecule has 1 atom stereocenters. The van der Waals surface area contributed by atoms with Crippen LogP contribution in [0.15, 0.2) is 18.2 Å². The number of nitrogens with one attached hydrogen (secondary N) is 1. The summed E-state index contributed by atoms with van der Waals surface area (Å²) in [5, 5.41) is 2.78. The van der Waals surface area contributed by atoms with E-state index in [1.807, 2.05) is 19.1 Å². The molecule has 1 aliphatic rings. The lowest BCUT2D eigenvalue weighted by Gasteiger charge is -2.12. The molecule has 1 aromatic carbocycles. The van der Waals surface area contributed by atoms with Gasteiger partial charge in [0.2, 0.25) is 5.91 Å². The second kappa shape index (κ2) is 6.54. The van der Waals surface area contributed by atoms with Crippen molar-refractivity contribution >= 4 is 17.3 Å². The molecule has 104 valence electrons. The lowest BCUT2D eigenvalue weighted by Crippen LogP contribution is -2.22. The average Bonchev–Trinajstić information content (AvgIpc) is 2.87. The van der Waals surface area contributed by atoms with Crippen molar-refractivity contribution in [3.63, 3.8) is 0 Å². The number of nitrogens with two attached hydrogens (primary N) is 1. The second-order valence-corrected chi connectivity index (χ2v) is 4.83. The van der Waals surface area contributed by atoms with E-state index >= 15 is 0 Å². The van der Waals surface area contributed by atoms with Gasteiger partial charge in [-0.2, -0.15) is 0 Å². The van der Waals surface area contributed by atoms with Crippen LogP contribution >= 0.6 is 0 Å². The highest BCUT2D eigenvalue weighted by molar-refractivity contribution is 5.95. The molecule has 19 heavy (non-hydrogen) atoms. The summed E-state index contributed by atoms with van der Waals surface area (Å²) in [7, 11) is 0. The number of carbonyl (C=O) groups excluding carboxylic acids is 1. The SMILES string of the molecule is Cc1cccc(N)c1NC(=O)COCC1CCOC1. The van der Waals surface area contributed by atoms with Gasteiger partial charge in [0.15, 0.2) is 0 Å². The molecule has 1 aliphatic heterocycles. The van der Waals surface area contributed by atoms with E-state index in [1.165, 1.54) is 0 Å². The maximum Gasteiger partial charge on any atom is 0.250 e. The Kier molecular flexibility index (Phi) is 4.76. The largest absolute Gasteiger partial charge is 0.397 e. The topological polar surface area (TPSA) is 73.6 Å². The van der Waals surface area contributed by atoms with Crippen LogP contribution in [0.2, 0.25) is 0 Å². The number of carbonyl (C=O) groups is 1. The number of rotatable bonds is 5. The third-order valence-electron chi connectivity index (χ3n) is 3.18. The molecule has 1 amide bonds. The monoisotopic (exact) mass is 264 g/mol. The van der Waals surface area contributed by atoms with E-state index in [4.69, 9.17) is 15.2 Å². The van der Waals surface area contributed by atoms with Crippen LogP contribution < -0.4 is 11.1 Å². The molecule has 5 nitrogen and oxygen atoms in total. The normalized spacial score (nSPS) is 18.5. The Balaban J connectivity index is 1.77. The highest BCUT2D eigenvalue weighted by Gasteiger charge is 2.16. The van der Waals surface area contributed by atoms with Gasteiger partial charge in [-0.05, 0) is 25.0 Å². The van der Waals surface area contributed by atoms with Crippen molar-refractivity contribution in [2.75, 3.05) is 37.5 Å². The molecule has 1 fully saturated rings. The lowest BCUT2D eigenvalue weighted by molar-refractivity contribution is -0.121. The molecule has 0 radical (unpaired) electrons. The molecule has 1 heterocycles. The van der Waals surface area contributed by atoms with Crippen LogP contribution in [0.25, 0.3) is 0 Å². The predicted octanol–water partition coefficient (Wildman–Crippen LogP) is 1.57. The predicted molar refractivity (Wildman–Crippen MR) is 74.0 cm³/mol. The molecular weight excluding hydrogens is 244 g/mol. The number of para-hydroxylation sites is 1. The molecular formula is C14H20N2O3. The zero-order valence-electron chi connectivity index (χ0n) is 11.1. The van der Waals surface area contributed by atoms with Crippen LogP contribution in [-0.2, 0) is 14.3 Å². The van der Waals surface area contributed by atoms with Crippen molar-refractivity contribution in [3.8, 4) is 0 Å². The summed E-state index contributed by atoms with van der Waals surface area (Å²) in [5.74, 6) is 0.233. The van der Waals surface area contributed by atoms with Gasteiger partial charge in [-0.15, -0.1) is 0 Å². The van der Waals surface area contributed by atoms with E-state index in [9.17, 15) is 4.79 Å². The summed E-state index contributed by atoms with van der Waals surface area (Å²) in [5.41, 5.74) is 8.00. The van der Waals surface area contributed by atoms with Crippen molar-refractivity contribution in [3.05, 3.63) is 23.8 Å².